The zero-order valence-electron chi connectivity index (χ0n) is 18.9. The van der Waals surface area contributed by atoms with Crippen molar-refractivity contribution >= 4 is 23.6 Å². The highest BCUT2D eigenvalue weighted by Crippen LogP contribution is 2.31. The van der Waals surface area contributed by atoms with E-state index >= 15 is 0 Å². The van der Waals surface area contributed by atoms with E-state index in [1.54, 1.807) is 12.1 Å². The number of piperidine rings is 1. The number of nitrogens with zero attached hydrogens (tertiary/aromatic N) is 1. The molecule has 0 spiro atoms. The fourth-order valence-electron chi connectivity index (χ4n) is 5.36. The van der Waals surface area contributed by atoms with Crippen LogP contribution in [0.4, 0.5) is 0 Å². The molecule has 3 atom stereocenters. The van der Waals surface area contributed by atoms with Crippen molar-refractivity contribution in [2.45, 2.75) is 50.2 Å². The van der Waals surface area contributed by atoms with Crippen LogP contribution in [0.5, 0.6) is 0 Å². The van der Waals surface area contributed by atoms with E-state index < -0.39 is 23.8 Å². The molecule has 0 aliphatic carbocycles. The molecule has 4 amide bonds. The van der Waals surface area contributed by atoms with Crippen molar-refractivity contribution in [2.24, 2.45) is 0 Å². The van der Waals surface area contributed by atoms with Gasteiger partial charge in [0.2, 0.25) is 11.8 Å². The summed E-state index contributed by atoms with van der Waals surface area (Å²) >= 11 is 0. The lowest BCUT2D eigenvalue weighted by molar-refractivity contribution is -0.136. The Morgan fingerprint density at radius 3 is 2.47 bits per heavy atom. The summed E-state index contributed by atoms with van der Waals surface area (Å²) in [5.41, 5.74) is 2.70. The van der Waals surface area contributed by atoms with Gasteiger partial charge in [-0.2, -0.15) is 0 Å². The van der Waals surface area contributed by atoms with E-state index in [-0.39, 0.29) is 24.8 Å². The van der Waals surface area contributed by atoms with Crippen molar-refractivity contribution in [3.8, 4) is 0 Å². The van der Waals surface area contributed by atoms with Gasteiger partial charge in [-0.3, -0.25) is 29.4 Å². The first-order valence-electron chi connectivity index (χ1n) is 11.9. The standard InChI is InChI=1S/C26H28N4O4/c31-22-10-9-21(24(32)29-22)30-25(33)19-8-4-7-17(23(19)26(30)34)15-28-20-12-14-27-13-11-18(20)16-5-2-1-3-6-16/h1-8,18,20-21,27-28H,9-15H2,(H,29,31,32). The van der Waals surface area contributed by atoms with E-state index in [1.807, 2.05) is 12.1 Å². The molecule has 3 aliphatic rings. The van der Waals surface area contributed by atoms with Gasteiger partial charge < -0.3 is 10.6 Å². The van der Waals surface area contributed by atoms with Crippen LogP contribution < -0.4 is 16.0 Å². The number of amides is 4. The Bertz CT molecular complexity index is 1130. The SMILES string of the molecule is O=C1CCC(N2C(=O)c3cccc(CNC4CCNCCC4c4ccccc4)c3C2=O)C(=O)N1. The molecule has 2 aromatic carbocycles. The molecule has 8 heteroatoms. The van der Waals surface area contributed by atoms with Crippen LogP contribution in [0, 0.1) is 0 Å². The molecular weight excluding hydrogens is 432 g/mol. The maximum atomic E-state index is 13.3. The van der Waals surface area contributed by atoms with Gasteiger partial charge in [0.15, 0.2) is 0 Å². The van der Waals surface area contributed by atoms with Crippen LogP contribution >= 0.6 is 0 Å². The van der Waals surface area contributed by atoms with Crippen LogP contribution in [0.3, 0.4) is 0 Å². The molecule has 3 aliphatic heterocycles. The molecule has 5 rings (SSSR count). The number of benzene rings is 2. The molecule has 3 N–H and O–H groups in total. The number of carbonyl (C=O) groups excluding carboxylic acids is 4. The monoisotopic (exact) mass is 460 g/mol. The molecule has 3 unspecified atom stereocenters. The Hall–Kier alpha value is -3.36. The molecule has 2 aromatic rings. The largest absolute Gasteiger partial charge is 0.317 e. The second-order valence-electron chi connectivity index (χ2n) is 9.12. The normalized spacial score (nSPS) is 25.2. The van der Waals surface area contributed by atoms with E-state index in [4.69, 9.17) is 0 Å². The predicted molar refractivity (Wildman–Crippen MR) is 125 cm³/mol. The topological polar surface area (TPSA) is 108 Å². The lowest BCUT2D eigenvalue weighted by Gasteiger charge is -2.28. The van der Waals surface area contributed by atoms with Gasteiger partial charge in [0.05, 0.1) is 11.1 Å². The molecule has 2 fully saturated rings. The molecule has 3 heterocycles. The van der Waals surface area contributed by atoms with Gasteiger partial charge in [-0.1, -0.05) is 42.5 Å². The Labute approximate surface area is 198 Å². The maximum absolute atomic E-state index is 13.3. The van der Waals surface area contributed by atoms with Crippen molar-refractivity contribution in [1.29, 1.82) is 0 Å². The summed E-state index contributed by atoms with van der Waals surface area (Å²) in [6, 6.07) is 15.0. The first-order valence-corrected chi connectivity index (χ1v) is 11.9. The van der Waals surface area contributed by atoms with Crippen LogP contribution in [0.25, 0.3) is 0 Å². The van der Waals surface area contributed by atoms with E-state index in [0.717, 1.165) is 36.4 Å². The highest BCUT2D eigenvalue weighted by Gasteiger charge is 2.45. The summed E-state index contributed by atoms with van der Waals surface area (Å²) in [4.78, 5) is 51.3. The Morgan fingerprint density at radius 2 is 1.68 bits per heavy atom. The van der Waals surface area contributed by atoms with Crippen LogP contribution in [-0.4, -0.2) is 53.7 Å². The Balaban J connectivity index is 1.37. The van der Waals surface area contributed by atoms with Crippen molar-refractivity contribution in [1.82, 2.24) is 20.9 Å². The summed E-state index contributed by atoms with van der Waals surface area (Å²) in [5, 5.41) is 9.37. The maximum Gasteiger partial charge on any atom is 0.262 e. The summed E-state index contributed by atoms with van der Waals surface area (Å²) in [7, 11) is 0. The van der Waals surface area contributed by atoms with Gasteiger partial charge >= 0.3 is 0 Å². The summed E-state index contributed by atoms with van der Waals surface area (Å²) in [5.74, 6) is -1.58. The van der Waals surface area contributed by atoms with Crippen LogP contribution in [0.2, 0.25) is 0 Å². The number of fused-ring (bicyclic) bond motifs is 1. The molecule has 176 valence electrons. The Morgan fingerprint density at radius 1 is 0.882 bits per heavy atom. The molecule has 0 radical (unpaired) electrons. The molecule has 34 heavy (non-hydrogen) atoms. The molecule has 0 bridgehead atoms. The number of hydrogen-bond acceptors (Lipinski definition) is 6. The van der Waals surface area contributed by atoms with Gasteiger partial charge in [0.25, 0.3) is 11.8 Å². The lowest BCUT2D eigenvalue weighted by Crippen LogP contribution is -2.54. The number of nitrogens with one attached hydrogen (secondary N) is 3. The third-order valence-electron chi connectivity index (χ3n) is 7.09. The number of rotatable bonds is 5. The average Bonchev–Trinajstić information content (AvgIpc) is 2.99. The molecule has 0 aromatic heterocycles. The van der Waals surface area contributed by atoms with Gasteiger partial charge in [-0.15, -0.1) is 0 Å². The molecule has 0 saturated carbocycles. The van der Waals surface area contributed by atoms with E-state index in [1.165, 1.54) is 5.56 Å². The second kappa shape index (κ2) is 9.48. The molecular formula is C26H28N4O4. The minimum atomic E-state index is -0.957. The number of hydrogen-bond donors (Lipinski definition) is 3. The summed E-state index contributed by atoms with van der Waals surface area (Å²) in [6.45, 7) is 2.31. The van der Waals surface area contributed by atoms with E-state index in [9.17, 15) is 19.2 Å². The van der Waals surface area contributed by atoms with Crippen molar-refractivity contribution in [2.75, 3.05) is 13.1 Å². The Kier molecular flexibility index (Phi) is 6.26. The van der Waals surface area contributed by atoms with Crippen LogP contribution in [0.15, 0.2) is 48.5 Å². The van der Waals surface area contributed by atoms with Crippen molar-refractivity contribution in [3.05, 3.63) is 70.8 Å². The predicted octanol–water partition coefficient (Wildman–Crippen LogP) is 1.71. The lowest BCUT2D eigenvalue weighted by atomic mass is 9.87. The minimum absolute atomic E-state index is 0.106. The van der Waals surface area contributed by atoms with Crippen molar-refractivity contribution < 1.29 is 19.2 Å². The zero-order chi connectivity index (χ0) is 23.7. The van der Waals surface area contributed by atoms with E-state index in [2.05, 4.69) is 40.2 Å². The summed E-state index contributed by atoms with van der Waals surface area (Å²) < 4.78 is 0. The average molecular weight is 461 g/mol. The minimum Gasteiger partial charge on any atom is -0.317 e. The van der Waals surface area contributed by atoms with Gasteiger partial charge in [-0.05, 0) is 49.5 Å². The second-order valence-corrected chi connectivity index (χ2v) is 9.12. The van der Waals surface area contributed by atoms with Gasteiger partial charge in [0.1, 0.15) is 6.04 Å². The number of imide groups is 2. The quantitative estimate of drug-likeness (QED) is 0.587. The van der Waals surface area contributed by atoms with E-state index in [0.29, 0.717) is 23.6 Å². The summed E-state index contributed by atoms with van der Waals surface area (Å²) in [6.07, 6.45) is 2.21. The first-order chi connectivity index (χ1) is 16.5. The molecule has 2 saturated heterocycles. The highest BCUT2D eigenvalue weighted by atomic mass is 16.2. The van der Waals surface area contributed by atoms with Crippen molar-refractivity contribution in [3.63, 3.8) is 0 Å². The van der Waals surface area contributed by atoms with Gasteiger partial charge in [0, 0.05) is 24.9 Å². The van der Waals surface area contributed by atoms with Crippen LogP contribution in [0.1, 0.15) is 63.4 Å². The smallest absolute Gasteiger partial charge is 0.262 e. The van der Waals surface area contributed by atoms with Gasteiger partial charge in [-0.25, -0.2) is 0 Å². The molecule has 8 nitrogen and oxygen atoms in total. The van der Waals surface area contributed by atoms with Crippen LogP contribution in [-0.2, 0) is 16.1 Å². The third kappa shape index (κ3) is 4.15. The fraction of sp³-hybridized carbons (Fsp3) is 0.385. The first kappa shape index (κ1) is 22.4. The third-order valence-corrected chi connectivity index (χ3v) is 7.09. The number of carbonyl (C=O) groups is 4. The zero-order valence-corrected chi connectivity index (χ0v) is 18.9. The highest BCUT2D eigenvalue weighted by molar-refractivity contribution is 6.24. The fourth-order valence-corrected chi connectivity index (χ4v) is 5.36.